The van der Waals surface area contributed by atoms with Gasteiger partial charge in [0.15, 0.2) is 5.84 Å². The zero-order valence-electron chi connectivity index (χ0n) is 16.4. The summed E-state index contributed by atoms with van der Waals surface area (Å²) in [6.07, 6.45) is 2.38. The zero-order chi connectivity index (χ0) is 23.0. The van der Waals surface area contributed by atoms with Crippen molar-refractivity contribution in [2.75, 3.05) is 6.26 Å². The summed E-state index contributed by atoms with van der Waals surface area (Å²) in [7, 11) is -3.61. The molecule has 0 atom stereocenters. The summed E-state index contributed by atoms with van der Waals surface area (Å²) in [5.74, 6) is -1.07. The summed E-state index contributed by atoms with van der Waals surface area (Å²) in [4.78, 5) is 16.3. The molecule has 2 aliphatic rings. The zero-order valence-corrected chi connectivity index (χ0v) is 18.8. The standard InChI is InChI=1S/C20H14ClFN4O4S2/c1-32(28,29)20-25-26-17(23)13(18(27)24-19(26)31-20)8-11-6-7-16(14(21)9-11)30-10-12-4-2-3-5-15(12)22/h2-9,23H,10H2,1H3/b13-8-,23-17?. The van der Waals surface area contributed by atoms with Gasteiger partial charge in [-0.25, -0.2) is 12.8 Å². The Kier molecular flexibility index (Phi) is 5.89. The maximum atomic E-state index is 13.7. The normalized spacial score (nSPS) is 17.3. The first kappa shape index (κ1) is 22.2. The van der Waals surface area contributed by atoms with Crippen molar-refractivity contribution in [1.82, 2.24) is 5.01 Å². The van der Waals surface area contributed by atoms with Crippen LogP contribution in [0, 0.1) is 11.2 Å². The molecule has 164 valence electrons. The van der Waals surface area contributed by atoms with Gasteiger partial charge in [-0.2, -0.15) is 10.0 Å². The van der Waals surface area contributed by atoms with Crippen molar-refractivity contribution in [2.24, 2.45) is 10.1 Å². The van der Waals surface area contributed by atoms with Crippen LogP contribution in [0.25, 0.3) is 6.08 Å². The van der Waals surface area contributed by atoms with Gasteiger partial charge in [0, 0.05) is 11.8 Å². The molecule has 4 rings (SSSR count). The lowest BCUT2D eigenvalue weighted by Crippen LogP contribution is -2.35. The molecule has 0 unspecified atom stereocenters. The van der Waals surface area contributed by atoms with E-state index in [1.54, 1.807) is 30.3 Å². The molecule has 0 aliphatic carbocycles. The number of ether oxygens (including phenoxy) is 1. The highest BCUT2D eigenvalue weighted by atomic mass is 35.5. The summed E-state index contributed by atoms with van der Waals surface area (Å²) in [6, 6.07) is 10.9. The number of aliphatic imine (C=N–C) groups is 1. The minimum Gasteiger partial charge on any atom is -0.487 e. The quantitative estimate of drug-likeness (QED) is 0.651. The second kappa shape index (κ2) is 8.49. The Labute approximate surface area is 191 Å². The highest BCUT2D eigenvalue weighted by molar-refractivity contribution is 8.42. The predicted molar refractivity (Wildman–Crippen MR) is 122 cm³/mol. The monoisotopic (exact) mass is 492 g/mol. The molecule has 2 aromatic rings. The van der Waals surface area contributed by atoms with Crippen LogP contribution in [0.15, 0.2) is 58.1 Å². The van der Waals surface area contributed by atoms with E-state index in [1.165, 1.54) is 18.2 Å². The minimum absolute atomic E-state index is 0.00694. The van der Waals surface area contributed by atoms with E-state index in [9.17, 15) is 17.6 Å². The maximum absolute atomic E-state index is 13.7. The number of nitrogens with zero attached hydrogens (tertiary/aromatic N) is 3. The van der Waals surface area contributed by atoms with Gasteiger partial charge in [0.1, 0.15) is 18.2 Å². The molecule has 32 heavy (non-hydrogen) atoms. The van der Waals surface area contributed by atoms with Crippen molar-refractivity contribution in [1.29, 1.82) is 5.41 Å². The molecule has 0 saturated heterocycles. The number of rotatable bonds is 4. The average Bonchev–Trinajstić information content (AvgIpc) is 3.16. The van der Waals surface area contributed by atoms with Gasteiger partial charge in [0.2, 0.25) is 19.4 Å². The molecule has 0 bridgehead atoms. The third kappa shape index (κ3) is 4.45. The lowest BCUT2D eigenvalue weighted by Gasteiger charge is -2.20. The fourth-order valence-corrected chi connectivity index (χ4v) is 4.71. The van der Waals surface area contributed by atoms with Crippen molar-refractivity contribution < 1.29 is 22.3 Å². The van der Waals surface area contributed by atoms with Crippen LogP contribution in [0.2, 0.25) is 5.02 Å². The Morgan fingerprint density at radius 1 is 1.28 bits per heavy atom. The summed E-state index contributed by atoms with van der Waals surface area (Å²) >= 11 is 6.98. The van der Waals surface area contributed by atoms with E-state index < -0.39 is 15.7 Å². The smallest absolute Gasteiger partial charge is 0.283 e. The summed E-state index contributed by atoms with van der Waals surface area (Å²) in [5.41, 5.74) is 0.783. The molecule has 0 spiro atoms. The molecular weight excluding hydrogens is 479 g/mol. The Hall–Kier alpha value is -3.02. The first-order valence-electron chi connectivity index (χ1n) is 8.99. The highest BCUT2D eigenvalue weighted by Gasteiger charge is 2.38. The van der Waals surface area contributed by atoms with E-state index in [2.05, 4.69) is 10.1 Å². The SMILES string of the molecule is CS(=O)(=O)C1=NN2C(=N)/C(=C/c3ccc(OCc4ccccc4F)c(Cl)c3)C(=O)N=C2S1. The van der Waals surface area contributed by atoms with Crippen molar-refractivity contribution in [3.63, 3.8) is 0 Å². The Morgan fingerprint density at radius 3 is 2.72 bits per heavy atom. The molecule has 0 aromatic heterocycles. The fourth-order valence-electron chi connectivity index (χ4n) is 2.79. The van der Waals surface area contributed by atoms with Gasteiger partial charge in [-0.05, 0) is 41.6 Å². The molecule has 1 amide bonds. The van der Waals surface area contributed by atoms with Crippen molar-refractivity contribution in [3.8, 4) is 5.75 Å². The Bertz CT molecular complexity index is 1360. The largest absolute Gasteiger partial charge is 0.487 e. The number of amides is 1. The van der Waals surface area contributed by atoms with Crippen LogP contribution in [0.1, 0.15) is 11.1 Å². The molecule has 8 nitrogen and oxygen atoms in total. The average molecular weight is 493 g/mol. The first-order chi connectivity index (χ1) is 15.1. The molecule has 0 saturated carbocycles. The van der Waals surface area contributed by atoms with Crippen LogP contribution in [-0.2, 0) is 21.2 Å². The number of benzene rings is 2. The minimum atomic E-state index is -3.61. The number of hydrogen-bond donors (Lipinski definition) is 1. The van der Waals surface area contributed by atoms with Gasteiger partial charge in [-0.3, -0.25) is 10.2 Å². The van der Waals surface area contributed by atoms with Crippen LogP contribution < -0.4 is 4.74 Å². The Balaban J connectivity index is 1.56. The number of hydrogen-bond acceptors (Lipinski definition) is 7. The maximum Gasteiger partial charge on any atom is 0.283 e. The number of carbonyl (C=O) groups is 1. The fraction of sp³-hybridized carbons (Fsp3) is 0.100. The van der Waals surface area contributed by atoms with Gasteiger partial charge >= 0.3 is 0 Å². The van der Waals surface area contributed by atoms with Crippen LogP contribution in [0.4, 0.5) is 4.39 Å². The van der Waals surface area contributed by atoms with Crippen molar-refractivity contribution in [3.05, 3.63) is 70.0 Å². The second-order valence-corrected chi connectivity index (χ2v) is 10.3. The lowest BCUT2D eigenvalue weighted by atomic mass is 10.1. The predicted octanol–water partition coefficient (Wildman–Crippen LogP) is 3.68. The molecule has 0 fully saturated rings. The van der Waals surface area contributed by atoms with Crippen molar-refractivity contribution in [2.45, 2.75) is 6.61 Å². The molecule has 2 aromatic carbocycles. The number of nitrogens with one attached hydrogen (secondary N) is 1. The Morgan fingerprint density at radius 2 is 2.03 bits per heavy atom. The van der Waals surface area contributed by atoms with Gasteiger partial charge in [0.05, 0.1) is 10.6 Å². The summed E-state index contributed by atoms with van der Waals surface area (Å²) in [6.45, 7) is -0.0131. The van der Waals surface area contributed by atoms with Crippen LogP contribution >= 0.6 is 23.4 Å². The van der Waals surface area contributed by atoms with Gasteiger partial charge in [0.25, 0.3) is 5.91 Å². The number of sulfone groups is 1. The van der Waals surface area contributed by atoms with Crippen molar-refractivity contribution >= 4 is 60.6 Å². The molecule has 1 N–H and O–H groups in total. The summed E-state index contributed by atoms with van der Waals surface area (Å²) < 4.78 is 42.5. The number of fused-ring (bicyclic) bond motifs is 1. The lowest BCUT2D eigenvalue weighted by molar-refractivity contribution is -0.114. The second-order valence-electron chi connectivity index (χ2n) is 6.73. The molecule has 2 heterocycles. The van der Waals surface area contributed by atoms with Crippen LogP contribution in [0.5, 0.6) is 5.75 Å². The number of hydrazone groups is 1. The third-order valence-electron chi connectivity index (χ3n) is 4.36. The van der Waals surface area contributed by atoms with Gasteiger partial charge in [-0.1, -0.05) is 35.9 Å². The number of halogens is 2. The van der Waals surface area contributed by atoms with E-state index in [0.29, 0.717) is 28.6 Å². The third-order valence-corrected chi connectivity index (χ3v) is 7.23. The number of carbonyl (C=O) groups excluding carboxylic acids is 1. The molecule has 0 radical (unpaired) electrons. The molecular formula is C20H14ClFN4O4S2. The van der Waals surface area contributed by atoms with Gasteiger partial charge < -0.3 is 4.74 Å². The van der Waals surface area contributed by atoms with Crippen LogP contribution in [-0.4, -0.2) is 41.0 Å². The number of thioether (sulfide) groups is 1. The van der Waals surface area contributed by atoms with E-state index in [-0.39, 0.29) is 38.4 Å². The van der Waals surface area contributed by atoms with Gasteiger partial charge in [-0.15, -0.1) is 5.10 Å². The number of amidine groups is 2. The first-order valence-corrected chi connectivity index (χ1v) is 12.1. The van der Waals surface area contributed by atoms with E-state index >= 15 is 0 Å². The molecule has 2 aliphatic heterocycles. The van der Waals surface area contributed by atoms with E-state index in [1.807, 2.05) is 0 Å². The highest BCUT2D eigenvalue weighted by Crippen LogP contribution is 2.31. The molecule has 12 heteroatoms. The summed E-state index contributed by atoms with van der Waals surface area (Å²) in [5, 5.41) is 13.4. The van der Waals surface area contributed by atoms with Crippen LogP contribution in [0.3, 0.4) is 0 Å². The van der Waals surface area contributed by atoms with E-state index in [0.717, 1.165) is 11.3 Å². The van der Waals surface area contributed by atoms with E-state index in [4.69, 9.17) is 21.7 Å². The topological polar surface area (TPSA) is 112 Å².